The number of hydrogen-bond acceptors (Lipinski definition) is 5. The first-order chi connectivity index (χ1) is 13.7. The first-order valence-electron chi connectivity index (χ1n) is 8.63. The number of esters is 1. The summed E-state index contributed by atoms with van der Waals surface area (Å²) in [7, 11) is 1.56. The number of amides is 1. The van der Waals surface area contributed by atoms with E-state index in [1.54, 1.807) is 55.8 Å². The zero-order valence-corrected chi connectivity index (χ0v) is 15.0. The van der Waals surface area contributed by atoms with Gasteiger partial charge in [-0.05, 0) is 48.5 Å². The molecule has 0 atom stereocenters. The van der Waals surface area contributed by atoms with Crippen LogP contribution in [0.15, 0.2) is 77.4 Å². The Labute approximate surface area is 160 Å². The fourth-order valence-electron chi connectivity index (χ4n) is 2.88. The molecule has 0 unspecified atom stereocenters. The number of fused-ring (bicyclic) bond motifs is 1. The van der Waals surface area contributed by atoms with Gasteiger partial charge in [0.15, 0.2) is 5.76 Å². The molecule has 6 nitrogen and oxygen atoms in total. The van der Waals surface area contributed by atoms with Crippen LogP contribution < -0.4 is 10.1 Å². The minimum Gasteiger partial charge on any atom is -0.463 e. The lowest BCUT2D eigenvalue weighted by Gasteiger charge is -2.09. The molecule has 2 aromatic heterocycles. The van der Waals surface area contributed by atoms with Crippen molar-refractivity contribution >= 4 is 22.8 Å². The van der Waals surface area contributed by atoms with Crippen molar-refractivity contribution in [3.05, 3.63) is 84.1 Å². The summed E-state index contributed by atoms with van der Waals surface area (Å²) in [6, 6.07) is 18.9. The van der Waals surface area contributed by atoms with Crippen LogP contribution in [0.4, 0.5) is 0 Å². The predicted molar refractivity (Wildman–Crippen MR) is 104 cm³/mol. The standard InChI is InChI=1S/C22H16N2O4/c1-23-21(25)14-8-10-15(11-9-14)28-22(26)17-13-19(20-7-4-12-27-20)24-18-6-3-2-5-16(17)18/h2-13H,1H3,(H,23,25). The van der Waals surface area contributed by atoms with E-state index in [9.17, 15) is 9.59 Å². The number of carbonyl (C=O) groups excluding carboxylic acids is 2. The van der Waals surface area contributed by atoms with E-state index in [1.807, 2.05) is 24.3 Å². The van der Waals surface area contributed by atoms with Crippen molar-refractivity contribution in [3.63, 3.8) is 0 Å². The van der Waals surface area contributed by atoms with Gasteiger partial charge < -0.3 is 14.5 Å². The van der Waals surface area contributed by atoms with Crippen LogP contribution in [0.3, 0.4) is 0 Å². The van der Waals surface area contributed by atoms with E-state index < -0.39 is 5.97 Å². The van der Waals surface area contributed by atoms with Crippen LogP contribution in [0.5, 0.6) is 5.75 Å². The highest BCUT2D eigenvalue weighted by Crippen LogP contribution is 2.26. The van der Waals surface area contributed by atoms with Crippen molar-refractivity contribution in [1.29, 1.82) is 0 Å². The zero-order valence-electron chi connectivity index (χ0n) is 15.0. The Hall–Kier alpha value is -3.93. The number of para-hydroxylation sites is 1. The molecule has 28 heavy (non-hydrogen) atoms. The molecular weight excluding hydrogens is 356 g/mol. The monoisotopic (exact) mass is 372 g/mol. The molecular formula is C22H16N2O4. The highest BCUT2D eigenvalue weighted by Gasteiger charge is 2.17. The van der Waals surface area contributed by atoms with Crippen molar-refractivity contribution in [2.45, 2.75) is 0 Å². The number of nitrogens with zero attached hydrogens (tertiary/aromatic N) is 1. The molecule has 2 heterocycles. The van der Waals surface area contributed by atoms with Gasteiger partial charge in [0.05, 0.1) is 17.3 Å². The van der Waals surface area contributed by atoms with Gasteiger partial charge in [-0.25, -0.2) is 9.78 Å². The second kappa shape index (κ2) is 7.36. The van der Waals surface area contributed by atoms with Crippen molar-refractivity contribution in [3.8, 4) is 17.2 Å². The lowest BCUT2D eigenvalue weighted by atomic mass is 10.1. The smallest absolute Gasteiger partial charge is 0.344 e. The molecule has 0 aliphatic heterocycles. The van der Waals surface area contributed by atoms with Crippen LogP contribution in [0, 0.1) is 0 Å². The van der Waals surface area contributed by atoms with E-state index in [0.717, 1.165) is 0 Å². The number of hydrogen-bond donors (Lipinski definition) is 1. The quantitative estimate of drug-likeness (QED) is 0.431. The summed E-state index contributed by atoms with van der Waals surface area (Å²) in [5.74, 6) is 0.188. The Morgan fingerprint density at radius 3 is 2.50 bits per heavy atom. The molecule has 0 saturated heterocycles. The lowest BCUT2D eigenvalue weighted by molar-refractivity contribution is 0.0736. The first-order valence-corrected chi connectivity index (χ1v) is 8.63. The third kappa shape index (κ3) is 3.35. The van der Waals surface area contributed by atoms with Gasteiger partial charge in [-0.15, -0.1) is 0 Å². The highest BCUT2D eigenvalue weighted by atomic mass is 16.5. The van der Waals surface area contributed by atoms with Gasteiger partial charge in [0.25, 0.3) is 5.91 Å². The number of ether oxygens (including phenoxy) is 1. The third-order valence-corrected chi connectivity index (χ3v) is 4.26. The number of furan rings is 1. The summed E-state index contributed by atoms with van der Waals surface area (Å²) >= 11 is 0. The predicted octanol–water partition coefficient (Wildman–Crippen LogP) is 4.07. The van der Waals surface area contributed by atoms with Gasteiger partial charge in [-0.3, -0.25) is 4.79 Å². The molecule has 0 aliphatic rings. The summed E-state index contributed by atoms with van der Waals surface area (Å²) < 4.78 is 10.9. The highest BCUT2D eigenvalue weighted by molar-refractivity contribution is 6.05. The average molecular weight is 372 g/mol. The van der Waals surface area contributed by atoms with Gasteiger partial charge in [0.1, 0.15) is 11.4 Å². The lowest BCUT2D eigenvalue weighted by Crippen LogP contribution is -2.17. The molecule has 2 aromatic carbocycles. The number of benzene rings is 2. The van der Waals surface area contributed by atoms with Crippen molar-refractivity contribution in [2.75, 3.05) is 7.05 Å². The molecule has 0 bridgehead atoms. The molecule has 0 saturated carbocycles. The molecule has 0 fully saturated rings. The van der Waals surface area contributed by atoms with Crippen molar-refractivity contribution < 1.29 is 18.7 Å². The van der Waals surface area contributed by atoms with Crippen LogP contribution in [0.2, 0.25) is 0 Å². The Morgan fingerprint density at radius 1 is 1.00 bits per heavy atom. The van der Waals surface area contributed by atoms with Crippen LogP contribution in [-0.2, 0) is 0 Å². The van der Waals surface area contributed by atoms with Crippen molar-refractivity contribution in [1.82, 2.24) is 10.3 Å². The van der Waals surface area contributed by atoms with Gasteiger partial charge in [0.2, 0.25) is 0 Å². The number of aromatic nitrogens is 1. The van der Waals surface area contributed by atoms with Crippen LogP contribution >= 0.6 is 0 Å². The van der Waals surface area contributed by atoms with E-state index >= 15 is 0 Å². The fraction of sp³-hybridized carbons (Fsp3) is 0.0455. The maximum Gasteiger partial charge on any atom is 0.344 e. The van der Waals surface area contributed by atoms with Crippen LogP contribution in [0.1, 0.15) is 20.7 Å². The normalized spacial score (nSPS) is 10.6. The maximum absolute atomic E-state index is 12.9. The Morgan fingerprint density at radius 2 is 1.79 bits per heavy atom. The minimum atomic E-state index is -0.515. The first kappa shape index (κ1) is 17.5. The van der Waals surface area contributed by atoms with E-state index in [2.05, 4.69) is 10.3 Å². The SMILES string of the molecule is CNC(=O)c1ccc(OC(=O)c2cc(-c3ccco3)nc3ccccc23)cc1. The molecule has 138 valence electrons. The number of pyridine rings is 1. The molecule has 0 radical (unpaired) electrons. The Bertz CT molecular complexity index is 1150. The Kier molecular flexibility index (Phi) is 4.60. The summed E-state index contributed by atoms with van der Waals surface area (Å²) in [6.07, 6.45) is 1.55. The maximum atomic E-state index is 12.9. The molecule has 4 aromatic rings. The van der Waals surface area contributed by atoms with E-state index in [-0.39, 0.29) is 5.91 Å². The molecule has 0 aliphatic carbocycles. The van der Waals surface area contributed by atoms with Gasteiger partial charge in [-0.2, -0.15) is 0 Å². The van der Waals surface area contributed by atoms with Gasteiger partial charge in [-0.1, -0.05) is 18.2 Å². The van der Waals surface area contributed by atoms with E-state index in [4.69, 9.17) is 9.15 Å². The van der Waals surface area contributed by atoms with Gasteiger partial charge >= 0.3 is 5.97 Å². The molecule has 0 spiro atoms. The number of rotatable bonds is 4. The summed E-state index contributed by atoms with van der Waals surface area (Å²) in [6.45, 7) is 0. The van der Waals surface area contributed by atoms with Gasteiger partial charge in [0, 0.05) is 18.0 Å². The van der Waals surface area contributed by atoms with Crippen LogP contribution in [-0.4, -0.2) is 23.9 Å². The van der Waals surface area contributed by atoms with Crippen LogP contribution in [0.25, 0.3) is 22.4 Å². The summed E-state index contributed by atoms with van der Waals surface area (Å²) in [4.78, 5) is 29.1. The van der Waals surface area contributed by atoms with E-state index in [1.165, 1.54) is 0 Å². The Balaban J connectivity index is 1.69. The third-order valence-electron chi connectivity index (χ3n) is 4.26. The molecule has 1 amide bonds. The minimum absolute atomic E-state index is 0.207. The molecule has 1 N–H and O–H groups in total. The second-order valence-corrected chi connectivity index (χ2v) is 6.04. The average Bonchev–Trinajstić information content (AvgIpc) is 3.28. The second-order valence-electron chi connectivity index (χ2n) is 6.04. The van der Waals surface area contributed by atoms with E-state index in [0.29, 0.717) is 39.2 Å². The zero-order chi connectivity index (χ0) is 19.5. The summed E-state index contributed by atoms with van der Waals surface area (Å²) in [5.41, 5.74) is 2.08. The number of nitrogens with one attached hydrogen (secondary N) is 1. The fourth-order valence-corrected chi connectivity index (χ4v) is 2.88. The topological polar surface area (TPSA) is 81.4 Å². The molecule has 4 rings (SSSR count). The number of carbonyl (C=O) groups is 2. The van der Waals surface area contributed by atoms with Crippen molar-refractivity contribution in [2.24, 2.45) is 0 Å². The summed E-state index contributed by atoms with van der Waals surface area (Å²) in [5, 5.41) is 3.23. The largest absolute Gasteiger partial charge is 0.463 e. The molecule has 6 heteroatoms.